The molecule has 25 nitrogen and oxygen atoms in total. The molecule has 8 amide bonds. The van der Waals surface area contributed by atoms with Crippen molar-refractivity contribution in [2.45, 2.75) is 203 Å². The van der Waals surface area contributed by atoms with Gasteiger partial charge in [-0.15, -0.1) is 0 Å². The Hall–Kier alpha value is -5.54. The number of hydrogen-bond acceptors (Lipinski definition) is 17. The van der Waals surface area contributed by atoms with E-state index in [-0.39, 0.29) is 24.2 Å². The molecule has 16 N–H and O–H groups in total. The quantitative estimate of drug-likeness (QED) is 0.0568. The molecule has 0 aromatic heterocycles. The second kappa shape index (κ2) is 29.1. The summed E-state index contributed by atoms with van der Waals surface area (Å²) in [6, 6.07) is -7.37. The number of rotatable bonds is 20. The molecule has 0 unspecified atom stereocenters. The Morgan fingerprint density at radius 1 is 0.720 bits per heavy atom. The van der Waals surface area contributed by atoms with Gasteiger partial charge in [-0.25, -0.2) is 0 Å². The number of benzene rings is 1. The second-order valence-electron chi connectivity index (χ2n) is 20.6. The van der Waals surface area contributed by atoms with Crippen LogP contribution in [0.25, 0.3) is 0 Å². The maximum Gasteiger partial charge on any atom is 0.248 e. The van der Waals surface area contributed by atoms with Crippen LogP contribution < -0.4 is 32.3 Å². The van der Waals surface area contributed by atoms with Gasteiger partial charge in [0.05, 0.1) is 30.8 Å². The summed E-state index contributed by atoms with van der Waals surface area (Å²) in [5.74, 6) is -8.59. The van der Waals surface area contributed by atoms with Crippen LogP contribution in [0.2, 0.25) is 0 Å². The first-order chi connectivity index (χ1) is 35.3. The van der Waals surface area contributed by atoms with Crippen LogP contribution in [0.4, 0.5) is 0 Å². The van der Waals surface area contributed by atoms with Crippen LogP contribution >= 0.6 is 0 Å². The van der Waals surface area contributed by atoms with E-state index in [0.717, 1.165) is 74.6 Å². The minimum Gasteiger partial charge on any atom is -0.508 e. The number of amides is 8. The van der Waals surface area contributed by atoms with E-state index in [1.807, 2.05) is 0 Å². The molecule has 4 rings (SSSR count). The fraction of sp³-hybridized carbons (Fsp3) is 0.720. The van der Waals surface area contributed by atoms with E-state index >= 15 is 0 Å². The number of aromatic hydroxyl groups is 1. The van der Waals surface area contributed by atoms with Crippen molar-refractivity contribution < 1.29 is 84.3 Å². The molecule has 16 atom stereocenters. The molecule has 1 aromatic carbocycles. The Labute approximate surface area is 436 Å². The summed E-state index contributed by atoms with van der Waals surface area (Å²) in [5, 5.41) is 110. The largest absolute Gasteiger partial charge is 0.508 e. The number of nitrogens with two attached hydrogens (primary N) is 1. The number of unbranched alkanes of at least 4 members (excludes halogenated alkanes) is 5. The average molecular weight is 1070 g/mol. The predicted octanol–water partition coefficient (Wildman–Crippen LogP) is -3.34. The molecule has 0 bridgehead atoms. The lowest BCUT2D eigenvalue weighted by Gasteiger charge is -2.34. The molecular weight excluding hydrogens is 985 g/mol. The lowest BCUT2D eigenvalue weighted by molar-refractivity contribution is -0.149. The molecule has 0 spiro atoms. The molecule has 3 saturated heterocycles. The molecule has 75 heavy (non-hydrogen) atoms. The van der Waals surface area contributed by atoms with Gasteiger partial charge in [-0.3, -0.25) is 38.4 Å². The van der Waals surface area contributed by atoms with Crippen LogP contribution in [-0.2, 0) is 38.4 Å². The van der Waals surface area contributed by atoms with Crippen molar-refractivity contribution in [2.24, 2.45) is 17.6 Å². The molecule has 0 radical (unpaired) electrons. The zero-order chi connectivity index (χ0) is 55.8. The van der Waals surface area contributed by atoms with Gasteiger partial charge >= 0.3 is 0 Å². The monoisotopic (exact) mass is 1060 g/mol. The van der Waals surface area contributed by atoms with Crippen LogP contribution in [0, 0.1) is 11.8 Å². The summed E-state index contributed by atoms with van der Waals surface area (Å²) in [6.45, 7) is 6.76. The molecule has 3 aliphatic rings. The van der Waals surface area contributed by atoms with Gasteiger partial charge in [0, 0.05) is 32.4 Å². The Balaban J connectivity index is 1.69. The van der Waals surface area contributed by atoms with E-state index in [1.54, 1.807) is 0 Å². The highest BCUT2D eigenvalue weighted by Crippen LogP contribution is 2.27. The van der Waals surface area contributed by atoms with Crippen molar-refractivity contribution in [2.75, 3.05) is 13.1 Å². The van der Waals surface area contributed by atoms with Crippen molar-refractivity contribution in [3.8, 4) is 5.75 Å². The van der Waals surface area contributed by atoms with Crippen molar-refractivity contribution in [3.63, 3.8) is 0 Å². The number of carbonyl (C=O) groups excluding carboxylic acids is 8. The van der Waals surface area contributed by atoms with Crippen LogP contribution in [0.15, 0.2) is 24.3 Å². The van der Waals surface area contributed by atoms with Crippen LogP contribution in [-0.4, -0.2) is 195 Å². The number of nitrogens with one attached hydrogen (secondary N) is 5. The van der Waals surface area contributed by atoms with Gasteiger partial charge in [0.1, 0.15) is 60.3 Å². The van der Waals surface area contributed by atoms with Crippen LogP contribution in [0.5, 0.6) is 5.75 Å². The van der Waals surface area contributed by atoms with Gasteiger partial charge in [-0.05, 0) is 55.7 Å². The van der Waals surface area contributed by atoms with Crippen molar-refractivity contribution in [3.05, 3.63) is 29.8 Å². The van der Waals surface area contributed by atoms with Crippen molar-refractivity contribution in [1.82, 2.24) is 36.4 Å². The molecule has 422 valence electrons. The first-order valence-electron chi connectivity index (χ1n) is 26.0. The summed E-state index contributed by atoms with van der Waals surface area (Å²) >= 11 is 0. The maximum atomic E-state index is 14.4. The zero-order valence-corrected chi connectivity index (χ0v) is 43.1. The number of phenolic OH excluding ortho intramolecular Hbond substituents is 1. The van der Waals surface area contributed by atoms with E-state index in [9.17, 15) is 84.3 Å². The average Bonchev–Trinajstić information content (AvgIpc) is 3.95. The second-order valence-corrected chi connectivity index (χ2v) is 20.6. The summed E-state index contributed by atoms with van der Waals surface area (Å²) in [7, 11) is 0. The van der Waals surface area contributed by atoms with Gasteiger partial charge in [0.2, 0.25) is 47.3 Å². The van der Waals surface area contributed by atoms with Crippen molar-refractivity contribution in [1.29, 1.82) is 0 Å². The summed E-state index contributed by atoms with van der Waals surface area (Å²) < 4.78 is 0. The standard InChI is InChI=1S/C50H80N8O17/c1-5-25(2)20-26(3)12-10-8-6-7-9-11-13-37(66)52-31-22-35(64)46(71)56-48(73)41-33(62)18-19-57(41)50(75)39(34(63)23-36(51)65)54-47(72)40(43(68)42(67)28-14-16-29(60)17-15-28)55-45(70)32-21-30(61)24-58(32)49(74)38(27(4)59)53-44(31)69/h14-17,25-27,30-35,38-43,46,59-64,67-68,71H,5-13,18-24H2,1-4H3,(H2,51,65)(H,52,66)(H,53,69)(H,54,72)(H,55,70)(H,56,73)/t25-,26-,27+,30+,31+,32+,33+,34+,35-,38+,39+,40+,41+,42+,43+,46-/m1/s1. The third-order valence-corrected chi connectivity index (χ3v) is 14.3. The van der Waals surface area contributed by atoms with E-state index in [1.165, 1.54) is 6.42 Å². The molecular formula is C50H80N8O17. The third-order valence-electron chi connectivity index (χ3n) is 14.3. The number of primary amides is 1. The summed E-state index contributed by atoms with van der Waals surface area (Å²) in [4.78, 5) is 112. The molecule has 3 fully saturated rings. The number of hydrogen-bond donors (Lipinski definition) is 15. The molecule has 25 heteroatoms. The van der Waals surface area contributed by atoms with Crippen molar-refractivity contribution >= 4 is 47.3 Å². The topological polar surface area (TPSA) is 411 Å². The normalized spacial score (nSPS) is 29.0. The van der Waals surface area contributed by atoms with Crippen LogP contribution in [0.3, 0.4) is 0 Å². The SMILES string of the molecule is CC[C@@H](C)C[C@H](C)CCCCCCCCC(=O)N[C@H]1C[C@@H](O)[C@@H](O)NC(=O)[C@@H]2[C@@H](O)CCN2C(=O)[C@H]([C@@H](O)CC(N)=O)NC(=O)[C@H]([C@H](O)[C@@H](O)c2ccc(O)cc2)NC(=O)[C@@H]2C[C@H](O)CN2C(=O)[C@H]([C@H](C)O)NC1=O. The van der Waals surface area contributed by atoms with Gasteiger partial charge in [-0.1, -0.05) is 77.8 Å². The van der Waals surface area contributed by atoms with E-state index in [2.05, 4.69) is 47.4 Å². The molecule has 3 heterocycles. The fourth-order valence-corrected chi connectivity index (χ4v) is 9.79. The van der Waals surface area contributed by atoms with Gasteiger partial charge in [-0.2, -0.15) is 0 Å². The number of aliphatic hydroxyl groups excluding tert-OH is 8. The lowest BCUT2D eigenvalue weighted by atomic mass is 9.91. The third kappa shape index (κ3) is 17.8. The van der Waals surface area contributed by atoms with E-state index in [0.29, 0.717) is 29.6 Å². The van der Waals surface area contributed by atoms with Crippen LogP contribution in [0.1, 0.15) is 129 Å². The van der Waals surface area contributed by atoms with E-state index in [4.69, 9.17) is 5.73 Å². The number of nitrogens with zero attached hydrogens (tertiary/aromatic N) is 2. The number of fused-ring (bicyclic) bond motifs is 2. The highest BCUT2D eigenvalue weighted by molar-refractivity contribution is 5.98. The summed E-state index contributed by atoms with van der Waals surface area (Å²) in [5.41, 5.74) is 5.21. The first-order valence-corrected chi connectivity index (χ1v) is 26.0. The highest BCUT2D eigenvalue weighted by Gasteiger charge is 2.49. The van der Waals surface area contributed by atoms with Gasteiger partial charge in [0.15, 0.2) is 6.23 Å². The summed E-state index contributed by atoms with van der Waals surface area (Å²) in [6.07, 6.45) is -10.2. The lowest BCUT2D eigenvalue weighted by Crippen LogP contribution is -2.64. The smallest absolute Gasteiger partial charge is 0.248 e. The fourth-order valence-electron chi connectivity index (χ4n) is 9.79. The highest BCUT2D eigenvalue weighted by atomic mass is 16.3. The minimum absolute atomic E-state index is 0.0795. The number of aliphatic hydroxyl groups is 8. The van der Waals surface area contributed by atoms with Gasteiger partial charge < -0.3 is 88.1 Å². The number of phenols is 1. The Morgan fingerprint density at radius 3 is 1.95 bits per heavy atom. The van der Waals surface area contributed by atoms with Gasteiger partial charge in [0.25, 0.3) is 0 Å². The number of carbonyl (C=O) groups is 8. The molecule has 3 aliphatic heterocycles. The molecule has 0 aliphatic carbocycles. The predicted molar refractivity (Wildman–Crippen MR) is 265 cm³/mol. The minimum atomic E-state index is -2.36. The Kier molecular flexibility index (Phi) is 24.1. The maximum absolute atomic E-state index is 14.4. The molecule has 0 saturated carbocycles. The van der Waals surface area contributed by atoms with E-state index < -0.39 is 165 Å². The zero-order valence-electron chi connectivity index (χ0n) is 43.1. The Bertz CT molecular complexity index is 2100. The first kappa shape index (κ1) is 62.0. The Morgan fingerprint density at radius 2 is 1.32 bits per heavy atom. The molecule has 1 aromatic rings.